The molecule has 0 atom stereocenters. The van der Waals surface area contributed by atoms with Crippen molar-refractivity contribution < 1.29 is 0 Å². The molecule has 23 heavy (non-hydrogen) atoms. The Balaban J connectivity index is 2.15. The SMILES string of the molecule is CCc1sc2ncnc(NCCCN)c2c1-c1ccc(Br)cc1. The predicted octanol–water partition coefficient (Wildman–Crippen LogP) is 4.44. The summed E-state index contributed by atoms with van der Waals surface area (Å²) < 4.78 is 1.08. The Morgan fingerprint density at radius 1 is 1.22 bits per heavy atom. The number of halogens is 1. The van der Waals surface area contributed by atoms with Crippen LogP contribution in [0.4, 0.5) is 5.82 Å². The lowest BCUT2D eigenvalue weighted by Gasteiger charge is -2.09. The molecule has 0 aliphatic carbocycles. The Morgan fingerprint density at radius 3 is 2.70 bits per heavy atom. The van der Waals surface area contributed by atoms with E-state index in [4.69, 9.17) is 5.73 Å². The first-order chi connectivity index (χ1) is 11.2. The van der Waals surface area contributed by atoms with Gasteiger partial charge in [0.2, 0.25) is 0 Å². The summed E-state index contributed by atoms with van der Waals surface area (Å²) >= 11 is 5.25. The van der Waals surface area contributed by atoms with Gasteiger partial charge in [0.25, 0.3) is 0 Å². The second kappa shape index (κ2) is 7.38. The third-order valence-electron chi connectivity index (χ3n) is 3.69. The number of thiophene rings is 1. The molecule has 0 saturated heterocycles. The number of fused-ring (bicyclic) bond motifs is 1. The molecule has 4 nitrogen and oxygen atoms in total. The van der Waals surface area contributed by atoms with E-state index >= 15 is 0 Å². The van der Waals surface area contributed by atoms with E-state index < -0.39 is 0 Å². The minimum absolute atomic E-state index is 0.671. The zero-order valence-electron chi connectivity index (χ0n) is 13.0. The first kappa shape index (κ1) is 16.4. The first-order valence-electron chi connectivity index (χ1n) is 7.70. The highest BCUT2D eigenvalue weighted by molar-refractivity contribution is 9.10. The Hall–Kier alpha value is -1.50. The van der Waals surface area contributed by atoms with Crippen LogP contribution in [0.5, 0.6) is 0 Å². The van der Waals surface area contributed by atoms with E-state index in [2.05, 4.69) is 62.4 Å². The zero-order valence-corrected chi connectivity index (χ0v) is 15.4. The number of nitrogens with zero attached hydrogens (tertiary/aromatic N) is 2. The van der Waals surface area contributed by atoms with Crippen molar-refractivity contribution in [2.75, 3.05) is 18.4 Å². The summed E-state index contributed by atoms with van der Waals surface area (Å²) in [5.74, 6) is 0.900. The van der Waals surface area contributed by atoms with Crippen molar-refractivity contribution in [2.24, 2.45) is 5.73 Å². The van der Waals surface area contributed by atoms with Gasteiger partial charge >= 0.3 is 0 Å². The average Bonchev–Trinajstić information content (AvgIpc) is 2.95. The summed E-state index contributed by atoms with van der Waals surface area (Å²) in [6, 6.07) is 8.43. The van der Waals surface area contributed by atoms with E-state index in [1.807, 2.05) is 0 Å². The summed E-state index contributed by atoms with van der Waals surface area (Å²) in [7, 11) is 0. The number of nitrogens with one attached hydrogen (secondary N) is 1. The number of anilines is 1. The first-order valence-corrected chi connectivity index (χ1v) is 9.31. The number of hydrogen-bond acceptors (Lipinski definition) is 5. The van der Waals surface area contributed by atoms with E-state index in [9.17, 15) is 0 Å². The van der Waals surface area contributed by atoms with Crippen LogP contribution >= 0.6 is 27.3 Å². The quantitative estimate of drug-likeness (QED) is 0.610. The number of benzene rings is 1. The van der Waals surface area contributed by atoms with Gasteiger partial charge in [-0.05, 0) is 37.1 Å². The Morgan fingerprint density at radius 2 is 2.00 bits per heavy atom. The van der Waals surface area contributed by atoms with Crippen molar-refractivity contribution >= 4 is 43.3 Å². The number of rotatable bonds is 6. The largest absolute Gasteiger partial charge is 0.369 e. The number of hydrogen-bond donors (Lipinski definition) is 2. The summed E-state index contributed by atoms with van der Waals surface area (Å²) in [6.45, 7) is 3.67. The lowest BCUT2D eigenvalue weighted by atomic mass is 10.0. The van der Waals surface area contributed by atoms with Crippen LogP contribution in [0.3, 0.4) is 0 Å². The van der Waals surface area contributed by atoms with Crippen LogP contribution in [0.1, 0.15) is 18.2 Å². The smallest absolute Gasteiger partial charge is 0.138 e. The topological polar surface area (TPSA) is 63.8 Å². The molecule has 3 aromatic rings. The van der Waals surface area contributed by atoms with Gasteiger partial charge in [-0.1, -0.05) is 35.0 Å². The molecule has 0 unspecified atom stereocenters. The molecule has 2 heterocycles. The fourth-order valence-corrected chi connectivity index (χ4v) is 3.96. The van der Waals surface area contributed by atoms with E-state index in [1.165, 1.54) is 16.0 Å². The molecule has 3 N–H and O–H groups in total. The number of aryl methyl sites for hydroxylation is 1. The van der Waals surface area contributed by atoms with Gasteiger partial charge in [0, 0.05) is 21.5 Å². The van der Waals surface area contributed by atoms with Crippen LogP contribution in [0.15, 0.2) is 35.1 Å². The molecule has 0 saturated carbocycles. The van der Waals surface area contributed by atoms with Crippen LogP contribution in [0.25, 0.3) is 21.3 Å². The Kier molecular flexibility index (Phi) is 5.25. The molecule has 1 aromatic carbocycles. The number of nitrogens with two attached hydrogens (primary N) is 1. The Bertz CT molecular complexity index is 798. The summed E-state index contributed by atoms with van der Waals surface area (Å²) in [5.41, 5.74) is 8.04. The molecule has 0 radical (unpaired) electrons. The number of aromatic nitrogens is 2. The van der Waals surface area contributed by atoms with E-state index in [1.54, 1.807) is 17.7 Å². The van der Waals surface area contributed by atoms with Crippen LogP contribution in [0.2, 0.25) is 0 Å². The van der Waals surface area contributed by atoms with Crippen LogP contribution in [0, 0.1) is 0 Å². The van der Waals surface area contributed by atoms with E-state index in [-0.39, 0.29) is 0 Å². The minimum atomic E-state index is 0.671. The molecule has 0 bridgehead atoms. The molecule has 6 heteroatoms. The maximum atomic E-state index is 5.59. The van der Waals surface area contributed by atoms with Crippen molar-refractivity contribution in [2.45, 2.75) is 19.8 Å². The van der Waals surface area contributed by atoms with Crippen molar-refractivity contribution in [3.63, 3.8) is 0 Å². The fraction of sp³-hybridized carbons (Fsp3) is 0.294. The Labute approximate surface area is 148 Å². The zero-order chi connectivity index (χ0) is 16.2. The lowest BCUT2D eigenvalue weighted by Crippen LogP contribution is -2.09. The van der Waals surface area contributed by atoms with Crippen molar-refractivity contribution in [3.05, 3.63) is 39.9 Å². The molecule has 2 aromatic heterocycles. The van der Waals surface area contributed by atoms with E-state index in [0.29, 0.717) is 6.54 Å². The fourth-order valence-electron chi connectivity index (χ4n) is 2.59. The summed E-state index contributed by atoms with van der Waals surface area (Å²) in [5, 5.41) is 4.53. The highest BCUT2D eigenvalue weighted by Crippen LogP contribution is 2.41. The standard InChI is InChI=1S/C17H19BrN4S/c1-2-13-14(11-4-6-12(18)7-5-11)15-16(20-9-3-8-19)21-10-22-17(15)23-13/h4-7,10H,2-3,8-9,19H2,1H3,(H,20,21,22). The van der Waals surface area contributed by atoms with Gasteiger partial charge in [0.1, 0.15) is 17.0 Å². The highest BCUT2D eigenvalue weighted by atomic mass is 79.9. The summed E-state index contributed by atoms with van der Waals surface area (Å²) in [4.78, 5) is 11.3. The molecule has 0 aliphatic heterocycles. The molecular formula is C17H19BrN4S. The molecule has 0 fully saturated rings. The molecule has 0 spiro atoms. The minimum Gasteiger partial charge on any atom is -0.369 e. The molecular weight excluding hydrogens is 372 g/mol. The van der Waals surface area contributed by atoms with Gasteiger partial charge in [-0.3, -0.25) is 0 Å². The monoisotopic (exact) mass is 390 g/mol. The van der Waals surface area contributed by atoms with Gasteiger partial charge in [0.05, 0.1) is 5.39 Å². The van der Waals surface area contributed by atoms with Gasteiger partial charge in [-0.25, -0.2) is 9.97 Å². The van der Waals surface area contributed by atoms with Gasteiger partial charge < -0.3 is 11.1 Å². The van der Waals surface area contributed by atoms with Crippen LogP contribution in [-0.2, 0) is 6.42 Å². The molecule has 120 valence electrons. The predicted molar refractivity (Wildman–Crippen MR) is 102 cm³/mol. The highest BCUT2D eigenvalue weighted by Gasteiger charge is 2.17. The van der Waals surface area contributed by atoms with Crippen LogP contribution in [-0.4, -0.2) is 23.1 Å². The maximum Gasteiger partial charge on any atom is 0.138 e. The van der Waals surface area contributed by atoms with Crippen molar-refractivity contribution in [3.8, 4) is 11.1 Å². The third kappa shape index (κ3) is 3.39. The van der Waals surface area contributed by atoms with Gasteiger partial charge in [-0.2, -0.15) is 0 Å². The van der Waals surface area contributed by atoms with E-state index in [0.717, 1.165) is 39.9 Å². The van der Waals surface area contributed by atoms with Crippen LogP contribution < -0.4 is 11.1 Å². The van der Waals surface area contributed by atoms with Gasteiger partial charge in [-0.15, -0.1) is 11.3 Å². The average molecular weight is 391 g/mol. The third-order valence-corrected chi connectivity index (χ3v) is 5.46. The maximum absolute atomic E-state index is 5.59. The van der Waals surface area contributed by atoms with Crippen molar-refractivity contribution in [1.29, 1.82) is 0 Å². The normalized spacial score (nSPS) is 11.1. The summed E-state index contributed by atoms with van der Waals surface area (Å²) in [6.07, 6.45) is 3.53. The second-order valence-electron chi connectivity index (χ2n) is 5.23. The van der Waals surface area contributed by atoms with Gasteiger partial charge in [0.15, 0.2) is 0 Å². The van der Waals surface area contributed by atoms with Crippen molar-refractivity contribution in [1.82, 2.24) is 9.97 Å². The molecule has 0 amide bonds. The second-order valence-corrected chi connectivity index (χ2v) is 7.23. The lowest BCUT2D eigenvalue weighted by molar-refractivity contribution is 0.871. The molecule has 3 rings (SSSR count). The molecule has 0 aliphatic rings.